The van der Waals surface area contributed by atoms with Crippen LogP contribution < -0.4 is 10.9 Å². The van der Waals surface area contributed by atoms with Crippen molar-refractivity contribution in [2.24, 2.45) is 11.8 Å². The average molecular weight is 319 g/mol. The van der Waals surface area contributed by atoms with Crippen molar-refractivity contribution in [1.29, 1.82) is 0 Å². The number of carbonyl (C=O) groups excluding carboxylic acids is 1. The zero-order chi connectivity index (χ0) is 16.7. The van der Waals surface area contributed by atoms with Crippen molar-refractivity contribution in [1.82, 2.24) is 14.8 Å². The zero-order valence-corrected chi connectivity index (χ0v) is 14.3. The summed E-state index contributed by atoms with van der Waals surface area (Å²) in [4.78, 5) is 26.1. The standard InChI is InChI=1S/C18H29N3O2/c1-15(2)13-20-12-8-16(14-20)18(23)19-9-4-6-11-21-10-5-3-7-17(21)22/h3,5,7,10,15-16H,4,6,8-9,11-14H2,1-2H3,(H,19,23)/t16-/m1/s1. The van der Waals surface area contributed by atoms with Gasteiger partial charge in [0.1, 0.15) is 0 Å². The van der Waals surface area contributed by atoms with Crippen LogP contribution in [0.1, 0.15) is 33.1 Å². The maximum atomic E-state index is 12.2. The van der Waals surface area contributed by atoms with Crippen molar-refractivity contribution in [2.45, 2.75) is 39.7 Å². The van der Waals surface area contributed by atoms with Crippen molar-refractivity contribution >= 4 is 5.91 Å². The lowest BCUT2D eigenvalue weighted by atomic mass is 10.1. The maximum absolute atomic E-state index is 12.2. The largest absolute Gasteiger partial charge is 0.356 e. The lowest BCUT2D eigenvalue weighted by molar-refractivity contribution is -0.124. The van der Waals surface area contributed by atoms with Crippen LogP contribution in [0.4, 0.5) is 0 Å². The first-order valence-corrected chi connectivity index (χ1v) is 8.72. The number of aryl methyl sites for hydroxylation is 1. The van der Waals surface area contributed by atoms with Crippen molar-refractivity contribution < 1.29 is 4.79 Å². The third kappa shape index (κ3) is 5.82. The van der Waals surface area contributed by atoms with Crippen LogP contribution >= 0.6 is 0 Å². The first kappa shape index (κ1) is 17.7. The van der Waals surface area contributed by atoms with Gasteiger partial charge in [0.15, 0.2) is 0 Å². The topological polar surface area (TPSA) is 54.3 Å². The molecule has 0 spiro atoms. The Morgan fingerprint density at radius 2 is 2.17 bits per heavy atom. The second-order valence-electron chi connectivity index (χ2n) is 6.87. The minimum atomic E-state index is 0.0349. The summed E-state index contributed by atoms with van der Waals surface area (Å²) in [5.74, 6) is 0.983. The monoisotopic (exact) mass is 319 g/mol. The van der Waals surface area contributed by atoms with Gasteiger partial charge in [-0.05, 0) is 37.8 Å². The molecular weight excluding hydrogens is 290 g/mol. The number of hydrogen-bond acceptors (Lipinski definition) is 3. The summed E-state index contributed by atoms with van der Waals surface area (Å²) in [5.41, 5.74) is 0.0349. The number of likely N-dealkylation sites (tertiary alicyclic amines) is 1. The molecule has 1 amide bonds. The van der Waals surface area contributed by atoms with E-state index in [1.54, 1.807) is 16.7 Å². The quantitative estimate of drug-likeness (QED) is 0.742. The number of amides is 1. The Labute approximate surface area is 138 Å². The van der Waals surface area contributed by atoms with Crippen molar-refractivity contribution in [2.75, 3.05) is 26.2 Å². The Kier molecular flexibility index (Phi) is 6.84. The fourth-order valence-corrected chi connectivity index (χ4v) is 3.14. The molecule has 2 rings (SSSR count). The van der Waals surface area contributed by atoms with Crippen LogP contribution in [0.2, 0.25) is 0 Å². The molecule has 1 atom stereocenters. The van der Waals surface area contributed by atoms with Gasteiger partial charge in [-0.2, -0.15) is 0 Å². The van der Waals surface area contributed by atoms with Gasteiger partial charge in [-0.25, -0.2) is 0 Å². The summed E-state index contributed by atoms with van der Waals surface area (Å²) in [6.45, 7) is 8.84. The minimum absolute atomic E-state index is 0.0349. The van der Waals surface area contributed by atoms with Crippen LogP contribution in [-0.2, 0) is 11.3 Å². The second-order valence-corrected chi connectivity index (χ2v) is 6.87. The van der Waals surface area contributed by atoms with Crippen LogP contribution in [0.3, 0.4) is 0 Å². The molecule has 1 aliphatic rings. The predicted molar refractivity (Wildman–Crippen MR) is 92.3 cm³/mol. The molecule has 1 aliphatic heterocycles. The Morgan fingerprint density at radius 3 is 2.91 bits per heavy atom. The van der Waals surface area contributed by atoms with Crippen LogP contribution in [0.15, 0.2) is 29.2 Å². The van der Waals surface area contributed by atoms with E-state index in [9.17, 15) is 9.59 Å². The summed E-state index contributed by atoms with van der Waals surface area (Å²) < 4.78 is 1.71. The molecule has 0 saturated carbocycles. The number of pyridine rings is 1. The number of nitrogens with zero attached hydrogens (tertiary/aromatic N) is 2. The summed E-state index contributed by atoms with van der Waals surface area (Å²) >= 11 is 0. The molecule has 5 heteroatoms. The molecular formula is C18H29N3O2. The number of carbonyl (C=O) groups is 1. The van der Waals surface area contributed by atoms with E-state index in [4.69, 9.17) is 0 Å². The predicted octanol–water partition coefficient (Wildman–Crippen LogP) is 1.72. The van der Waals surface area contributed by atoms with Gasteiger partial charge < -0.3 is 14.8 Å². The molecule has 2 heterocycles. The zero-order valence-electron chi connectivity index (χ0n) is 14.3. The molecule has 5 nitrogen and oxygen atoms in total. The highest BCUT2D eigenvalue weighted by molar-refractivity contribution is 5.79. The number of aromatic nitrogens is 1. The fourth-order valence-electron chi connectivity index (χ4n) is 3.14. The van der Waals surface area contributed by atoms with E-state index in [-0.39, 0.29) is 17.4 Å². The average Bonchev–Trinajstić information content (AvgIpc) is 2.96. The summed E-state index contributed by atoms with van der Waals surface area (Å²) in [6.07, 6.45) is 4.57. The first-order valence-electron chi connectivity index (χ1n) is 8.72. The van der Waals surface area contributed by atoms with Crippen LogP contribution in [-0.4, -0.2) is 41.6 Å². The molecule has 1 fully saturated rings. The van der Waals surface area contributed by atoms with Gasteiger partial charge in [0, 0.05) is 38.4 Å². The molecule has 0 aliphatic carbocycles. The van der Waals surface area contributed by atoms with E-state index in [1.807, 2.05) is 12.3 Å². The fraction of sp³-hybridized carbons (Fsp3) is 0.667. The van der Waals surface area contributed by atoms with Gasteiger partial charge >= 0.3 is 0 Å². The van der Waals surface area contributed by atoms with Gasteiger partial charge in [0.05, 0.1) is 5.92 Å². The smallest absolute Gasteiger partial charge is 0.250 e. The highest BCUT2D eigenvalue weighted by Crippen LogP contribution is 2.17. The summed E-state index contributed by atoms with van der Waals surface area (Å²) in [6, 6.07) is 5.19. The van der Waals surface area contributed by atoms with E-state index in [2.05, 4.69) is 24.1 Å². The Hall–Kier alpha value is -1.62. The lowest BCUT2D eigenvalue weighted by Crippen LogP contribution is -2.34. The molecule has 23 heavy (non-hydrogen) atoms. The molecule has 1 N–H and O–H groups in total. The van der Waals surface area contributed by atoms with Crippen LogP contribution in [0.5, 0.6) is 0 Å². The Balaban J connectivity index is 1.60. The Bertz CT molecular complexity index is 553. The van der Waals surface area contributed by atoms with Gasteiger partial charge in [0.2, 0.25) is 11.5 Å². The molecule has 1 saturated heterocycles. The SMILES string of the molecule is CC(C)CN1CC[C@@H](C(=O)NCCCCn2ccccc2=O)C1. The van der Waals surface area contributed by atoms with E-state index >= 15 is 0 Å². The van der Waals surface area contributed by atoms with Crippen molar-refractivity contribution in [3.8, 4) is 0 Å². The van der Waals surface area contributed by atoms with E-state index < -0.39 is 0 Å². The number of nitrogens with one attached hydrogen (secondary N) is 1. The summed E-state index contributed by atoms with van der Waals surface area (Å²) in [5, 5.41) is 3.05. The van der Waals surface area contributed by atoms with E-state index in [1.165, 1.54) is 0 Å². The molecule has 0 aromatic carbocycles. The number of hydrogen-bond donors (Lipinski definition) is 1. The number of rotatable bonds is 8. The van der Waals surface area contributed by atoms with Crippen LogP contribution in [0.25, 0.3) is 0 Å². The third-order valence-corrected chi connectivity index (χ3v) is 4.29. The van der Waals surface area contributed by atoms with E-state index in [0.29, 0.717) is 19.0 Å². The molecule has 0 unspecified atom stereocenters. The van der Waals surface area contributed by atoms with E-state index in [0.717, 1.165) is 38.9 Å². The highest BCUT2D eigenvalue weighted by Gasteiger charge is 2.27. The van der Waals surface area contributed by atoms with Crippen molar-refractivity contribution in [3.63, 3.8) is 0 Å². The van der Waals surface area contributed by atoms with Gasteiger partial charge in [-0.1, -0.05) is 19.9 Å². The molecule has 1 aromatic rings. The second kappa shape index (κ2) is 8.87. The van der Waals surface area contributed by atoms with Gasteiger partial charge in [-0.15, -0.1) is 0 Å². The molecule has 0 radical (unpaired) electrons. The Morgan fingerprint density at radius 1 is 1.35 bits per heavy atom. The highest BCUT2D eigenvalue weighted by atomic mass is 16.2. The normalized spacial score (nSPS) is 18.5. The number of unbranched alkanes of at least 4 members (excludes halogenated alkanes) is 1. The minimum Gasteiger partial charge on any atom is -0.356 e. The molecule has 1 aromatic heterocycles. The maximum Gasteiger partial charge on any atom is 0.250 e. The molecule has 128 valence electrons. The van der Waals surface area contributed by atoms with Gasteiger partial charge in [0.25, 0.3) is 0 Å². The van der Waals surface area contributed by atoms with Crippen LogP contribution in [0, 0.1) is 11.8 Å². The third-order valence-electron chi connectivity index (χ3n) is 4.29. The first-order chi connectivity index (χ1) is 11.1. The van der Waals surface area contributed by atoms with Gasteiger partial charge in [-0.3, -0.25) is 9.59 Å². The lowest BCUT2D eigenvalue weighted by Gasteiger charge is -2.18. The van der Waals surface area contributed by atoms with Crippen molar-refractivity contribution in [3.05, 3.63) is 34.7 Å². The molecule has 0 bridgehead atoms. The summed E-state index contributed by atoms with van der Waals surface area (Å²) in [7, 11) is 0.